The van der Waals surface area contributed by atoms with Crippen LogP contribution in [0.25, 0.3) is 0 Å². The van der Waals surface area contributed by atoms with Crippen LogP contribution in [0.5, 0.6) is 0 Å². The van der Waals surface area contributed by atoms with Gasteiger partial charge in [-0.15, -0.1) is 0 Å². The standard InChI is InChI=1S/C24H34N4O4/c1-19-8-12-25(13-9-19)21(29)16-27-18-28(20-6-4-3-5-7-20)24(23(27)31)10-14-26(15-11-24)22(30)17-32-2/h3-7,19H,8-18H2,1-2H3. The molecular weight excluding hydrogens is 408 g/mol. The summed E-state index contributed by atoms with van der Waals surface area (Å²) >= 11 is 0. The summed E-state index contributed by atoms with van der Waals surface area (Å²) in [6.07, 6.45) is 3.13. The average molecular weight is 443 g/mol. The minimum absolute atomic E-state index is 0.000999. The van der Waals surface area contributed by atoms with E-state index in [2.05, 4.69) is 11.8 Å². The molecule has 1 aromatic rings. The highest BCUT2D eigenvalue weighted by atomic mass is 16.5. The number of anilines is 1. The van der Waals surface area contributed by atoms with Crippen molar-refractivity contribution in [1.82, 2.24) is 14.7 Å². The third-order valence-corrected chi connectivity index (χ3v) is 7.26. The SMILES string of the molecule is COCC(=O)N1CCC2(CC1)C(=O)N(CC(=O)N1CCC(C)CC1)CN2c1ccccc1. The number of nitrogens with zero attached hydrogens (tertiary/aromatic N) is 4. The summed E-state index contributed by atoms with van der Waals surface area (Å²) < 4.78 is 4.99. The molecule has 0 N–H and O–H groups in total. The molecule has 0 saturated carbocycles. The van der Waals surface area contributed by atoms with Crippen molar-refractivity contribution < 1.29 is 19.1 Å². The molecule has 0 bridgehead atoms. The number of benzene rings is 1. The van der Waals surface area contributed by atoms with Crippen LogP contribution in [-0.4, -0.2) is 91.1 Å². The van der Waals surface area contributed by atoms with Crippen LogP contribution in [0.2, 0.25) is 0 Å². The summed E-state index contributed by atoms with van der Waals surface area (Å²) in [7, 11) is 1.51. The van der Waals surface area contributed by atoms with Crippen LogP contribution >= 0.6 is 0 Å². The first-order valence-corrected chi connectivity index (χ1v) is 11.6. The number of amides is 3. The molecule has 32 heavy (non-hydrogen) atoms. The van der Waals surface area contributed by atoms with Crippen LogP contribution in [0.1, 0.15) is 32.6 Å². The number of carbonyl (C=O) groups excluding carboxylic acids is 3. The molecule has 3 amide bonds. The van der Waals surface area contributed by atoms with E-state index in [1.807, 2.05) is 35.2 Å². The molecule has 0 aromatic heterocycles. The lowest BCUT2D eigenvalue weighted by Crippen LogP contribution is -2.57. The number of rotatable bonds is 5. The van der Waals surface area contributed by atoms with Gasteiger partial charge in [0.15, 0.2) is 0 Å². The third-order valence-electron chi connectivity index (χ3n) is 7.26. The van der Waals surface area contributed by atoms with Gasteiger partial charge in [0.2, 0.25) is 11.8 Å². The number of hydrogen-bond donors (Lipinski definition) is 0. The predicted octanol–water partition coefficient (Wildman–Crippen LogP) is 1.56. The van der Waals surface area contributed by atoms with Crippen LogP contribution in [0.15, 0.2) is 30.3 Å². The van der Waals surface area contributed by atoms with Gasteiger partial charge >= 0.3 is 0 Å². The van der Waals surface area contributed by atoms with Gasteiger partial charge in [0.25, 0.3) is 5.91 Å². The van der Waals surface area contributed by atoms with Crippen LogP contribution in [-0.2, 0) is 19.1 Å². The van der Waals surface area contributed by atoms with E-state index in [0.29, 0.717) is 38.5 Å². The molecule has 8 heteroatoms. The summed E-state index contributed by atoms with van der Waals surface area (Å²) in [6, 6.07) is 9.91. The van der Waals surface area contributed by atoms with Crippen molar-refractivity contribution in [1.29, 1.82) is 0 Å². The number of hydrogen-bond acceptors (Lipinski definition) is 5. The Morgan fingerprint density at radius 2 is 1.62 bits per heavy atom. The molecule has 0 atom stereocenters. The van der Waals surface area contributed by atoms with Gasteiger partial charge < -0.3 is 24.3 Å². The Morgan fingerprint density at radius 3 is 2.25 bits per heavy atom. The van der Waals surface area contributed by atoms with Crippen molar-refractivity contribution in [2.24, 2.45) is 5.92 Å². The number of piperidine rings is 2. The van der Waals surface area contributed by atoms with Crippen LogP contribution < -0.4 is 4.90 Å². The van der Waals surface area contributed by atoms with E-state index in [1.165, 1.54) is 7.11 Å². The van der Waals surface area contributed by atoms with Crippen LogP contribution in [0, 0.1) is 5.92 Å². The molecular formula is C24H34N4O4. The average Bonchev–Trinajstić information content (AvgIpc) is 3.07. The van der Waals surface area contributed by atoms with Gasteiger partial charge in [-0.25, -0.2) is 0 Å². The molecule has 1 aromatic carbocycles. The highest BCUT2D eigenvalue weighted by molar-refractivity contribution is 5.96. The number of carbonyl (C=O) groups is 3. The maximum absolute atomic E-state index is 13.7. The zero-order valence-corrected chi connectivity index (χ0v) is 19.2. The van der Waals surface area contributed by atoms with Gasteiger partial charge in [-0.3, -0.25) is 14.4 Å². The Balaban J connectivity index is 1.51. The molecule has 174 valence electrons. The van der Waals surface area contributed by atoms with Crippen molar-refractivity contribution in [2.45, 2.75) is 38.1 Å². The Labute approximate surface area is 190 Å². The van der Waals surface area contributed by atoms with E-state index in [0.717, 1.165) is 31.6 Å². The topological polar surface area (TPSA) is 73.4 Å². The van der Waals surface area contributed by atoms with Crippen molar-refractivity contribution >= 4 is 23.4 Å². The fraction of sp³-hybridized carbons (Fsp3) is 0.625. The Morgan fingerprint density at radius 1 is 1.00 bits per heavy atom. The van der Waals surface area contributed by atoms with Crippen LogP contribution in [0.3, 0.4) is 0 Å². The van der Waals surface area contributed by atoms with Gasteiger partial charge in [-0.2, -0.15) is 0 Å². The molecule has 3 heterocycles. The molecule has 8 nitrogen and oxygen atoms in total. The molecule has 3 saturated heterocycles. The fourth-order valence-electron chi connectivity index (χ4n) is 5.18. The van der Waals surface area contributed by atoms with E-state index >= 15 is 0 Å². The minimum atomic E-state index is -0.720. The van der Waals surface area contributed by atoms with Crippen molar-refractivity contribution in [3.05, 3.63) is 30.3 Å². The summed E-state index contributed by atoms with van der Waals surface area (Å²) in [5.74, 6) is 0.627. The summed E-state index contributed by atoms with van der Waals surface area (Å²) in [4.78, 5) is 46.5. The Hall–Kier alpha value is -2.61. The lowest BCUT2D eigenvalue weighted by atomic mass is 9.85. The zero-order chi connectivity index (χ0) is 22.7. The normalized spacial score (nSPS) is 21.5. The second-order valence-electron chi connectivity index (χ2n) is 9.32. The summed E-state index contributed by atoms with van der Waals surface area (Å²) in [5, 5.41) is 0. The van der Waals surface area contributed by atoms with Crippen molar-refractivity contribution in [3.63, 3.8) is 0 Å². The first-order chi connectivity index (χ1) is 15.4. The predicted molar refractivity (Wildman–Crippen MR) is 121 cm³/mol. The molecule has 3 aliphatic rings. The summed E-state index contributed by atoms with van der Waals surface area (Å²) in [5.41, 5.74) is 0.251. The quantitative estimate of drug-likeness (QED) is 0.692. The van der Waals surface area contributed by atoms with E-state index in [9.17, 15) is 14.4 Å². The maximum atomic E-state index is 13.7. The molecule has 0 aliphatic carbocycles. The van der Waals surface area contributed by atoms with Crippen LogP contribution in [0.4, 0.5) is 5.69 Å². The molecule has 0 unspecified atom stereocenters. The van der Waals surface area contributed by atoms with E-state index in [4.69, 9.17) is 4.74 Å². The van der Waals surface area contributed by atoms with Gasteiger partial charge in [0.1, 0.15) is 18.7 Å². The number of methoxy groups -OCH3 is 1. The lowest BCUT2D eigenvalue weighted by Gasteiger charge is -2.43. The van der Waals surface area contributed by atoms with E-state index < -0.39 is 5.54 Å². The highest BCUT2D eigenvalue weighted by Crippen LogP contribution is 2.39. The first-order valence-electron chi connectivity index (χ1n) is 11.6. The summed E-state index contributed by atoms with van der Waals surface area (Å²) in [6.45, 7) is 5.33. The smallest absolute Gasteiger partial charge is 0.250 e. The van der Waals surface area contributed by atoms with E-state index in [-0.39, 0.29) is 30.9 Å². The lowest BCUT2D eigenvalue weighted by molar-refractivity contribution is -0.143. The molecule has 3 aliphatic heterocycles. The zero-order valence-electron chi connectivity index (χ0n) is 19.2. The molecule has 1 spiro atoms. The Kier molecular flexibility index (Phi) is 6.69. The Bertz CT molecular complexity index is 830. The van der Waals surface area contributed by atoms with Gasteiger partial charge in [0.05, 0.1) is 6.67 Å². The van der Waals surface area contributed by atoms with Crippen molar-refractivity contribution in [3.8, 4) is 0 Å². The van der Waals surface area contributed by atoms with Crippen molar-refractivity contribution in [2.75, 3.05) is 58.0 Å². The van der Waals surface area contributed by atoms with Gasteiger partial charge in [-0.05, 0) is 43.7 Å². The third kappa shape index (κ3) is 4.33. The van der Waals surface area contributed by atoms with Gasteiger partial charge in [-0.1, -0.05) is 25.1 Å². The number of ether oxygens (including phenoxy) is 1. The fourth-order valence-corrected chi connectivity index (χ4v) is 5.18. The second kappa shape index (κ2) is 9.48. The molecule has 0 radical (unpaired) electrons. The molecule has 4 rings (SSSR count). The molecule has 3 fully saturated rings. The number of para-hydroxylation sites is 1. The highest BCUT2D eigenvalue weighted by Gasteiger charge is 2.54. The first kappa shape index (κ1) is 22.6. The second-order valence-corrected chi connectivity index (χ2v) is 9.32. The van der Waals surface area contributed by atoms with E-state index in [1.54, 1.807) is 9.80 Å². The number of likely N-dealkylation sites (tertiary alicyclic amines) is 2. The monoisotopic (exact) mass is 442 g/mol. The van der Waals surface area contributed by atoms with Gasteiger partial charge in [0, 0.05) is 39.0 Å². The largest absolute Gasteiger partial charge is 0.375 e. The minimum Gasteiger partial charge on any atom is -0.375 e. The maximum Gasteiger partial charge on any atom is 0.250 e.